The standard InChI is InChI=1S/C54H39N/c1-54(2)47-27-15-13-26-43(47)53-39-23-10-9-21-37(39)46(32-48(53)54)52-41-25-12-11-24-40(41)51(35-19-7-4-8-20-35)42-30-29-36(31-45(42)52)50-33-44(34-17-5-3-6-18-34)38-22-14-16-28-49(38)55-50/h3-33,50,55H,1-2H3. The third-order valence-electron chi connectivity index (χ3n) is 12.3. The fourth-order valence-corrected chi connectivity index (χ4v) is 9.71. The van der Waals surface area contributed by atoms with E-state index in [9.17, 15) is 0 Å². The highest BCUT2D eigenvalue weighted by atomic mass is 14.9. The minimum Gasteiger partial charge on any atom is -0.374 e. The minimum atomic E-state index is -0.135. The third-order valence-corrected chi connectivity index (χ3v) is 12.3. The predicted molar refractivity (Wildman–Crippen MR) is 234 cm³/mol. The van der Waals surface area contributed by atoms with Crippen molar-refractivity contribution in [2.24, 2.45) is 0 Å². The predicted octanol–water partition coefficient (Wildman–Crippen LogP) is 14.4. The number of rotatable bonds is 4. The van der Waals surface area contributed by atoms with Gasteiger partial charge in [0, 0.05) is 16.7 Å². The molecule has 1 atom stereocenters. The molecule has 0 fully saturated rings. The lowest BCUT2D eigenvalue weighted by Crippen LogP contribution is -2.15. The average molecular weight is 702 g/mol. The van der Waals surface area contributed by atoms with E-state index in [0.29, 0.717) is 0 Å². The van der Waals surface area contributed by atoms with Crippen LogP contribution in [0.5, 0.6) is 0 Å². The molecule has 1 heterocycles. The average Bonchev–Trinajstić information content (AvgIpc) is 3.48. The first-order valence-electron chi connectivity index (χ1n) is 19.4. The zero-order valence-corrected chi connectivity index (χ0v) is 31.0. The van der Waals surface area contributed by atoms with E-state index in [4.69, 9.17) is 0 Å². The Labute approximate surface area is 322 Å². The van der Waals surface area contributed by atoms with Crippen molar-refractivity contribution in [1.29, 1.82) is 0 Å². The first kappa shape index (κ1) is 31.8. The maximum Gasteiger partial charge on any atom is 0.0707 e. The molecule has 260 valence electrons. The number of benzene rings is 9. The van der Waals surface area contributed by atoms with E-state index in [2.05, 4.69) is 207 Å². The largest absolute Gasteiger partial charge is 0.374 e. The minimum absolute atomic E-state index is 0.0146. The van der Waals surface area contributed by atoms with Gasteiger partial charge in [-0.2, -0.15) is 0 Å². The summed E-state index contributed by atoms with van der Waals surface area (Å²) < 4.78 is 0. The molecule has 9 aromatic carbocycles. The molecule has 0 saturated carbocycles. The summed E-state index contributed by atoms with van der Waals surface area (Å²) in [7, 11) is 0. The van der Waals surface area contributed by atoms with E-state index >= 15 is 0 Å². The first-order chi connectivity index (χ1) is 27.1. The molecule has 1 aliphatic heterocycles. The van der Waals surface area contributed by atoms with Crippen LogP contribution in [0, 0.1) is 0 Å². The Balaban J connectivity index is 1.24. The van der Waals surface area contributed by atoms with Crippen LogP contribution in [0.4, 0.5) is 5.69 Å². The van der Waals surface area contributed by atoms with E-state index in [1.54, 1.807) is 0 Å². The van der Waals surface area contributed by atoms with Crippen molar-refractivity contribution in [1.82, 2.24) is 0 Å². The molecule has 11 rings (SSSR count). The highest BCUT2D eigenvalue weighted by molar-refractivity contribution is 6.24. The van der Waals surface area contributed by atoms with Gasteiger partial charge in [0.25, 0.3) is 0 Å². The van der Waals surface area contributed by atoms with Crippen LogP contribution >= 0.6 is 0 Å². The van der Waals surface area contributed by atoms with Gasteiger partial charge in [-0.3, -0.25) is 0 Å². The second-order valence-corrected chi connectivity index (χ2v) is 15.6. The maximum absolute atomic E-state index is 3.93. The summed E-state index contributed by atoms with van der Waals surface area (Å²) in [5.74, 6) is 0. The smallest absolute Gasteiger partial charge is 0.0707 e. The van der Waals surface area contributed by atoms with E-state index < -0.39 is 0 Å². The number of hydrogen-bond acceptors (Lipinski definition) is 1. The number of anilines is 1. The zero-order valence-electron chi connectivity index (χ0n) is 31.0. The lowest BCUT2D eigenvalue weighted by molar-refractivity contribution is 0.661. The fourth-order valence-electron chi connectivity index (χ4n) is 9.71. The van der Waals surface area contributed by atoms with E-state index in [-0.39, 0.29) is 11.5 Å². The molecule has 1 nitrogen and oxygen atoms in total. The molecule has 2 aliphatic rings. The van der Waals surface area contributed by atoms with Gasteiger partial charge in [-0.25, -0.2) is 0 Å². The summed E-state index contributed by atoms with van der Waals surface area (Å²) in [6.45, 7) is 4.79. The highest BCUT2D eigenvalue weighted by Gasteiger charge is 2.37. The molecule has 0 radical (unpaired) electrons. The Bertz CT molecular complexity index is 3020. The molecule has 0 amide bonds. The second kappa shape index (κ2) is 12.2. The van der Waals surface area contributed by atoms with Crippen molar-refractivity contribution in [3.63, 3.8) is 0 Å². The van der Waals surface area contributed by atoms with E-state index in [1.807, 2.05) is 0 Å². The molecule has 1 N–H and O–H groups in total. The van der Waals surface area contributed by atoms with E-state index in [0.717, 1.165) is 5.69 Å². The van der Waals surface area contributed by atoms with Crippen LogP contribution in [0.1, 0.15) is 47.7 Å². The molecule has 9 aromatic rings. The molecule has 0 spiro atoms. The Morgan fingerprint density at radius 2 is 0.964 bits per heavy atom. The van der Waals surface area contributed by atoms with Gasteiger partial charge in [0.2, 0.25) is 0 Å². The van der Waals surface area contributed by atoms with Gasteiger partial charge in [-0.1, -0.05) is 178 Å². The van der Waals surface area contributed by atoms with Gasteiger partial charge in [-0.15, -0.1) is 0 Å². The van der Waals surface area contributed by atoms with Crippen LogP contribution in [-0.2, 0) is 5.41 Å². The lowest BCUT2D eigenvalue weighted by atomic mass is 9.78. The van der Waals surface area contributed by atoms with Crippen molar-refractivity contribution < 1.29 is 0 Å². The topological polar surface area (TPSA) is 12.0 Å². The normalized spacial score (nSPS) is 15.3. The van der Waals surface area contributed by atoms with Crippen molar-refractivity contribution in [3.8, 4) is 33.4 Å². The molecule has 0 aromatic heterocycles. The Hall–Kier alpha value is -6.70. The van der Waals surface area contributed by atoms with Crippen LogP contribution in [0.25, 0.3) is 71.3 Å². The van der Waals surface area contributed by atoms with Crippen molar-refractivity contribution in [3.05, 3.63) is 216 Å². The number of fused-ring (bicyclic) bond motifs is 8. The maximum atomic E-state index is 3.93. The SMILES string of the molecule is CC1(C)c2ccccc2-c2c1cc(-c1c3ccccc3c(-c3ccccc3)c3ccc(C4C=C(c5ccccc5)c5ccccc5N4)cc13)c1ccccc21. The molecule has 1 aliphatic carbocycles. The second-order valence-electron chi connectivity index (χ2n) is 15.6. The van der Waals surface area contributed by atoms with Gasteiger partial charge in [-0.05, 0) is 118 Å². The lowest BCUT2D eigenvalue weighted by Gasteiger charge is -2.28. The third kappa shape index (κ3) is 4.79. The molecular weight excluding hydrogens is 663 g/mol. The van der Waals surface area contributed by atoms with Crippen LogP contribution in [0.2, 0.25) is 0 Å². The summed E-state index contributed by atoms with van der Waals surface area (Å²) >= 11 is 0. The van der Waals surface area contributed by atoms with Crippen LogP contribution in [-0.4, -0.2) is 0 Å². The van der Waals surface area contributed by atoms with Gasteiger partial charge in [0.05, 0.1) is 6.04 Å². The van der Waals surface area contributed by atoms with Gasteiger partial charge < -0.3 is 5.32 Å². The van der Waals surface area contributed by atoms with Gasteiger partial charge >= 0.3 is 0 Å². The Morgan fingerprint density at radius 1 is 0.400 bits per heavy atom. The highest BCUT2D eigenvalue weighted by Crippen LogP contribution is 2.55. The number of nitrogens with one attached hydrogen (secondary N) is 1. The molecule has 0 bridgehead atoms. The number of para-hydroxylation sites is 1. The molecule has 1 unspecified atom stereocenters. The molecule has 55 heavy (non-hydrogen) atoms. The molecule has 1 heteroatoms. The zero-order chi connectivity index (χ0) is 36.7. The van der Waals surface area contributed by atoms with Crippen molar-refractivity contribution >= 4 is 43.6 Å². The summed E-state index contributed by atoms with van der Waals surface area (Å²) in [6.07, 6.45) is 2.42. The Kier molecular flexibility index (Phi) is 7.03. The van der Waals surface area contributed by atoms with Crippen molar-refractivity contribution in [2.45, 2.75) is 25.3 Å². The van der Waals surface area contributed by atoms with Gasteiger partial charge in [0.1, 0.15) is 0 Å². The fraction of sp³-hybridized carbons (Fsp3) is 0.0741. The monoisotopic (exact) mass is 701 g/mol. The van der Waals surface area contributed by atoms with Crippen LogP contribution in [0.3, 0.4) is 0 Å². The van der Waals surface area contributed by atoms with E-state index in [1.165, 1.54) is 99.1 Å². The summed E-state index contributed by atoms with van der Waals surface area (Å²) in [5.41, 5.74) is 16.6. The molecular formula is C54H39N. The summed E-state index contributed by atoms with van der Waals surface area (Å²) in [4.78, 5) is 0. The van der Waals surface area contributed by atoms with Crippen LogP contribution < -0.4 is 5.32 Å². The first-order valence-corrected chi connectivity index (χ1v) is 19.4. The quantitative estimate of drug-likeness (QED) is 0.180. The number of hydrogen-bond donors (Lipinski definition) is 1. The van der Waals surface area contributed by atoms with Gasteiger partial charge in [0.15, 0.2) is 0 Å². The summed E-state index contributed by atoms with van der Waals surface area (Å²) in [6, 6.07) is 67.3. The molecule has 0 saturated heterocycles. The van der Waals surface area contributed by atoms with Crippen molar-refractivity contribution in [2.75, 3.05) is 5.32 Å². The Morgan fingerprint density at radius 3 is 1.71 bits per heavy atom. The summed E-state index contributed by atoms with van der Waals surface area (Å²) in [5, 5.41) is 11.6. The van der Waals surface area contributed by atoms with Crippen LogP contribution in [0.15, 0.2) is 188 Å².